The minimum Gasteiger partial charge on any atom is -0.365 e. The van der Waals surface area contributed by atoms with Gasteiger partial charge in [-0.1, -0.05) is 18.2 Å². The van der Waals surface area contributed by atoms with Crippen LogP contribution in [0.2, 0.25) is 0 Å². The van der Waals surface area contributed by atoms with Crippen molar-refractivity contribution in [2.24, 2.45) is 5.73 Å². The highest BCUT2D eigenvalue weighted by atomic mass is 16.1. The number of quaternary nitrogens is 1. The average molecular weight is 220 g/mol. The third-order valence-electron chi connectivity index (χ3n) is 3.02. The van der Waals surface area contributed by atoms with E-state index in [0.717, 1.165) is 26.2 Å². The predicted molar refractivity (Wildman–Crippen MR) is 63.4 cm³/mol. The number of para-hydroxylation sites is 1. The van der Waals surface area contributed by atoms with Crippen molar-refractivity contribution in [1.29, 1.82) is 0 Å². The smallest absolute Gasteiger partial charge is 0.272 e. The molecule has 1 saturated heterocycles. The molecule has 1 fully saturated rings. The molecular weight excluding hydrogens is 202 g/mol. The maximum Gasteiger partial charge on any atom is 0.272 e. The number of amides is 1. The molecule has 4 heteroatoms. The normalized spacial score (nSPS) is 17.4. The van der Waals surface area contributed by atoms with E-state index in [1.807, 2.05) is 6.07 Å². The number of anilines is 1. The quantitative estimate of drug-likeness (QED) is 0.678. The first-order chi connectivity index (χ1) is 7.75. The largest absolute Gasteiger partial charge is 0.365 e. The Hall–Kier alpha value is -1.55. The molecule has 0 aromatic heterocycles. The maximum atomic E-state index is 10.8. The highest BCUT2D eigenvalue weighted by Gasteiger charge is 2.20. The van der Waals surface area contributed by atoms with Gasteiger partial charge in [-0.3, -0.25) is 4.79 Å². The van der Waals surface area contributed by atoms with Crippen molar-refractivity contribution in [3.8, 4) is 0 Å². The molecule has 1 aliphatic heterocycles. The summed E-state index contributed by atoms with van der Waals surface area (Å²) in [4.78, 5) is 14.4. The molecule has 86 valence electrons. The first kappa shape index (κ1) is 11.0. The van der Waals surface area contributed by atoms with Crippen molar-refractivity contribution < 1.29 is 9.69 Å². The second-order valence-corrected chi connectivity index (χ2v) is 4.22. The summed E-state index contributed by atoms with van der Waals surface area (Å²) in [6.45, 7) is 4.41. The highest BCUT2D eigenvalue weighted by molar-refractivity contribution is 5.74. The molecule has 1 aliphatic rings. The lowest BCUT2D eigenvalue weighted by Gasteiger charge is -2.33. The fourth-order valence-corrected chi connectivity index (χ4v) is 2.14. The number of carbonyl (C=O) groups is 1. The SMILES string of the molecule is NC(=O)C[NH+]1CCN(c2ccccc2)CC1. The number of benzene rings is 1. The first-order valence-corrected chi connectivity index (χ1v) is 5.67. The van der Waals surface area contributed by atoms with Crippen molar-refractivity contribution in [3.05, 3.63) is 30.3 Å². The second-order valence-electron chi connectivity index (χ2n) is 4.22. The summed E-state index contributed by atoms with van der Waals surface area (Å²) in [6, 6.07) is 10.4. The molecule has 16 heavy (non-hydrogen) atoms. The van der Waals surface area contributed by atoms with Crippen molar-refractivity contribution in [2.75, 3.05) is 37.6 Å². The molecule has 0 unspecified atom stereocenters. The van der Waals surface area contributed by atoms with Gasteiger partial charge in [-0.25, -0.2) is 0 Å². The van der Waals surface area contributed by atoms with Crippen LogP contribution >= 0.6 is 0 Å². The zero-order chi connectivity index (χ0) is 11.4. The number of carbonyl (C=O) groups excluding carboxylic acids is 1. The summed E-state index contributed by atoms with van der Waals surface area (Å²) in [6.07, 6.45) is 0. The number of piperazine rings is 1. The maximum absolute atomic E-state index is 10.8. The predicted octanol–water partition coefficient (Wildman–Crippen LogP) is -1.12. The van der Waals surface area contributed by atoms with Crippen molar-refractivity contribution in [3.63, 3.8) is 0 Å². The molecule has 1 aromatic carbocycles. The Balaban J connectivity index is 1.88. The van der Waals surface area contributed by atoms with Gasteiger partial charge in [0.05, 0.1) is 26.2 Å². The molecule has 1 amide bonds. The summed E-state index contributed by atoms with van der Waals surface area (Å²) in [7, 11) is 0. The van der Waals surface area contributed by atoms with E-state index in [2.05, 4.69) is 29.2 Å². The standard InChI is InChI=1S/C12H17N3O/c13-12(16)10-14-6-8-15(9-7-14)11-4-2-1-3-5-11/h1-5H,6-10H2,(H2,13,16)/p+1. The van der Waals surface area contributed by atoms with Gasteiger partial charge in [-0.2, -0.15) is 0 Å². The Bertz CT molecular complexity index is 345. The molecule has 1 heterocycles. The summed E-state index contributed by atoms with van der Waals surface area (Å²) in [5.74, 6) is -0.205. The molecule has 0 saturated carbocycles. The summed E-state index contributed by atoms with van der Waals surface area (Å²) in [5, 5.41) is 0. The van der Waals surface area contributed by atoms with Crippen LogP contribution in [0.4, 0.5) is 5.69 Å². The Morgan fingerprint density at radius 3 is 2.44 bits per heavy atom. The number of hydrogen-bond acceptors (Lipinski definition) is 2. The van der Waals surface area contributed by atoms with E-state index < -0.39 is 0 Å². The van der Waals surface area contributed by atoms with Crippen LogP contribution in [-0.4, -0.2) is 38.6 Å². The number of hydrogen-bond donors (Lipinski definition) is 2. The molecule has 1 aromatic rings. The number of nitrogens with one attached hydrogen (secondary N) is 1. The van der Waals surface area contributed by atoms with Gasteiger partial charge in [0, 0.05) is 5.69 Å². The Morgan fingerprint density at radius 2 is 1.88 bits per heavy atom. The Kier molecular flexibility index (Phi) is 3.41. The van der Waals surface area contributed by atoms with Gasteiger partial charge in [0.25, 0.3) is 5.91 Å². The van der Waals surface area contributed by atoms with Gasteiger partial charge in [-0.15, -0.1) is 0 Å². The van der Waals surface area contributed by atoms with E-state index in [1.54, 1.807) is 0 Å². The number of nitrogens with two attached hydrogens (primary N) is 1. The molecule has 3 N–H and O–H groups in total. The summed E-state index contributed by atoms with van der Waals surface area (Å²) >= 11 is 0. The fraction of sp³-hybridized carbons (Fsp3) is 0.417. The minimum absolute atomic E-state index is 0.205. The minimum atomic E-state index is -0.205. The average Bonchev–Trinajstić information content (AvgIpc) is 2.30. The van der Waals surface area contributed by atoms with Crippen LogP contribution in [0.5, 0.6) is 0 Å². The molecule has 0 atom stereocenters. The molecular formula is C12H18N3O+. The third-order valence-corrected chi connectivity index (χ3v) is 3.02. The molecule has 0 aliphatic carbocycles. The van der Waals surface area contributed by atoms with Crippen molar-refractivity contribution in [2.45, 2.75) is 0 Å². The lowest BCUT2D eigenvalue weighted by atomic mass is 10.2. The van der Waals surface area contributed by atoms with E-state index in [9.17, 15) is 4.79 Å². The zero-order valence-electron chi connectivity index (χ0n) is 9.36. The number of rotatable bonds is 3. The molecule has 0 radical (unpaired) electrons. The Labute approximate surface area is 95.6 Å². The molecule has 0 spiro atoms. The monoisotopic (exact) mass is 220 g/mol. The van der Waals surface area contributed by atoms with Gasteiger partial charge in [-0.05, 0) is 12.1 Å². The van der Waals surface area contributed by atoms with Crippen LogP contribution in [0.3, 0.4) is 0 Å². The molecule has 4 nitrogen and oxygen atoms in total. The second kappa shape index (κ2) is 4.99. The summed E-state index contributed by atoms with van der Waals surface area (Å²) < 4.78 is 0. The Morgan fingerprint density at radius 1 is 1.25 bits per heavy atom. The van der Waals surface area contributed by atoms with E-state index in [-0.39, 0.29) is 5.91 Å². The highest BCUT2D eigenvalue weighted by Crippen LogP contribution is 2.12. The van der Waals surface area contributed by atoms with Crippen molar-refractivity contribution in [1.82, 2.24) is 0 Å². The number of nitrogens with zero attached hydrogens (tertiary/aromatic N) is 1. The van der Waals surface area contributed by atoms with E-state index in [0.29, 0.717) is 6.54 Å². The third kappa shape index (κ3) is 2.73. The van der Waals surface area contributed by atoms with Crippen LogP contribution < -0.4 is 15.5 Å². The van der Waals surface area contributed by atoms with Crippen LogP contribution in [0.15, 0.2) is 30.3 Å². The van der Waals surface area contributed by atoms with Gasteiger partial charge in [0.1, 0.15) is 0 Å². The van der Waals surface area contributed by atoms with Crippen LogP contribution in [0.1, 0.15) is 0 Å². The first-order valence-electron chi connectivity index (χ1n) is 5.67. The zero-order valence-corrected chi connectivity index (χ0v) is 9.36. The molecule has 0 bridgehead atoms. The topological polar surface area (TPSA) is 50.8 Å². The van der Waals surface area contributed by atoms with Gasteiger partial charge < -0.3 is 15.5 Å². The van der Waals surface area contributed by atoms with Gasteiger partial charge >= 0.3 is 0 Å². The molecule has 2 rings (SSSR count). The van der Waals surface area contributed by atoms with Crippen molar-refractivity contribution >= 4 is 11.6 Å². The van der Waals surface area contributed by atoms with Gasteiger partial charge in [0.15, 0.2) is 6.54 Å². The van der Waals surface area contributed by atoms with E-state index in [4.69, 9.17) is 5.73 Å². The summed E-state index contributed by atoms with van der Waals surface area (Å²) in [5.41, 5.74) is 6.46. The van der Waals surface area contributed by atoms with Crippen LogP contribution in [0.25, 0.3) is 0 Å². The van der Waals surface area contributed by atoms with E-state index >= 15 is 0 Å². The van der Waals surface area contributed by atoms with E-state index in [1.165, 1.54) is 10.6 Å². The van der Waals surface area contributed by atoms with Gasteiger partial charge in [0.2, 0.25) is 0 Å². The lowest BCUT2D eigenvalue weighted by molar-refractivity contribution is -0.892. The van der Waals surface area contributed by atoms with Crippen LogP contribution in [0, 0.1) is 0 Å². The number of primary amides is 1. The fourth-order valence-electron chi connectivity index (χ4n) is 2.14. The van der Waals surface area contributed by atoms with Crippen LogP contribution in [-0.2, 0) is 4.79 Å². The lowest BCUT2D eigenvalue weighted by Crippen LogP contribution is -3.15.